The van der Waals surface area contributed by atoms with Gasteiger partial charge < -0.3 is 10.6 Å². The van der Waals surface area contributed by atoms with Gasteiger partial charge >= 0.3 is 0 Å². The lowest BCUT2D eigenvalue weighted by molar-refractivity contribution is -0.123. The van der Waals surface area contributed by atoms with Gasteiger partial charge in [0.1, 0.15) is 10.9 Å². The Labute approximate surface area is 219 Å². The number of halogens is 2. The van der Waals surface area contributed by atoms with Crippen molar-refractivity contribution < 1.29 is 18.0 Å². The zero-order valence-electron chi connectivity index (χ0n) is 19.3. The van der Waals surface area contributed by atoms with E-state index in [-0.39, 0.29) is 40.7 Å². The van der Waals surface area contributed by atoms with Crippen LogP contribution in [0.25, 0.3) is 10.1 Å². The summed E-state index contributed by atoms with van der Waals surface area (Å²) in [6.45, 7) is 4.29. The lowest BCUT2D eigenvalue weighted by atomic mass is 10.0. The van der Waals surface area contributed by atoms with Crippen molar-refractivity contribution in [2.75, 3.05) is 13.1 Å². The third-order valence-electron chi connectivity index (χ3n) is 5.11. The van der Waals surface area contributed by atoms with Crippen LogP contribution in [-0.4, -0.2) is 39.4 Å². The van der Waals surface area contributed by atoms with E-state index in [2.05, 4.69) is 15.4 Å². The van der Waals surface area contributed by atoms with Crippen LogP contribution in [-0.2, 0) is 14.8 Å². The van der Waals surface area contributed by atoms with Gasteiger partial charge in [-0.2, -0.15) is 0 Å². The monoisotopic (exact) mass is 555 g/mol. The number of benzene rings is 2. The smallest absolute Gasteiger partial charge is 0.262 e. The zero-order valence-corrected chi connectivity index (χ0v) is 22.5. The average Bonchev–Trinajstić information content (AvgIpc) is 3.22. The van der Waals surface area contributed by atoms with Crippen molar-refractivity contribution in [1.29, 1.82) is 0 Å². The molecule has 0 unspecified atom stereocenters. The van der Waals surface area contributed by atoms with Crippen LogP contribution >= 0.6 is 34.5 Å². The van der Waals surface area contributed by atoms with Gasteiger partial charge in [0.15, 0.2) is 0 Å². The van der Waals surface area contributed by atoms with Gasteiger partial charge in [-0.05, 0) is 54.5 Å². The van der Waals surface area contributed by atoms with Crippen LogP contribution in [0.15, 0.2) is 53.4 Å². The van der Waals surface area contributed by atoms with Crippen LogP contribution < -0.4 is 15.4 Å². The number of carbonyl (C=O) groups excluding carboxylic acids is 2. The SMILES string of the molecule is CC(C)C[C@H](NC(=O)c1cc2ccccc2s1)C(=O)NCCCNS(=O)(=O)c1ccc(Cl)cc1Cl. The molecule has 3 aromatic rings. The highest BCUT2D eigenvalue weighted by atomic mass is 35.5. The van der Waals surface area contributed by atoms with Crippen molar-refractivity contribution in [1.82, 2.24) is 15.4 Å². The Bertz CT molecular complexity index is 1280. The van der Waals surface area contributed by atoms with E-state index in [1.807, 2.05) is 44.2 Å². The lowest BCUT2D eigenvalue weighted by Crippen LogP contribution is -2.47. The molecule has 0 aliphatic heterocycles. The summed E-state index contributed by atoms with van der Waals surface area (Å²) in [6, 6.07) is 13.0. The quantitative estimate of drug-likeness (QED) is 0.294. The predicted molar refractivity (Wildman–Crippen MR) is 142 cm³/mol. The van der Waals surface area contributed by atoms with Crippen molar-refractivity contribution in [2.24, 2.45) is 5.92 Å². The maximum Gasteiger partial charge on any atom is 0.262 e. The largest absolute Gasteiger partial charge is 0.354 e. The van der Waals surface area contributed by atoms with Gasteiger partial charge in [0.05, 0.1) is 9.90 Å². The van der Waals surface area contributed by atoms with Crippen LogP contribution in [0.1, 0.15) is 36.4 Å². The molecule has 0 bridgehead atoms. The first-order valence-corrected chi connectivity index (χ1v) is 14.1. The number of hydrogen-bond acceptors (Lipinski definition) is 5. The van der Waals surface area contributed by atoms with Crippen LogP contribution in [0.3, 0.4) is 0 Å². The van der Waals surface area contributed by atoms with E-state index in [1.165, 1.54) is 29.5 Å². The van der Waals surface area contributed by atoms with Gasteiger partial charge in [0.25, 0.3) is 5.91 Å². The van der Waals surface area contributed by atoms with Crippen LogP contribution in [0.2, 0.25) is 10.0 Å². The maximum absolute atomic E-state index is 12.8. The van der Waals surface area contributed by atoms with Crippen molar-refractivity contribution in [2.45, 2.75) is 37.6 Å². The number of fused-ring (bicyclic) bond motifs is 1. The highest BCUT2D eigenvalue weighted by molar-refractivity contribution is 7.89. The number of hydrogen-bond donors (Lipinski definition) is 3. The van der Waals surface area contributed by atoms with E-state index in [9.17, 15) is 18.0 Å². The van der Waals surface area contributed by atoms with Crippen molar-refractivity contribution in [3.8, 4) is 0 Å². The Morgan fingerprint density at radius 2 is 1.77 bits per heavy atom. The summed E-state index contributed by atoms with van der Waals surface area (Å²) in [6.07, 6.45) is 0.832. The summed E-state index contributed by atoms with van der Waals surface area (Å²) in [4.78, 5) is 26.1. The predicted octanol–water partition coefficient (Wildman–Crippen LogP) is 4.84. The number of carbonyl (C=O) groups is 2. The molecule has 35 heavy (non-hydrogen) atoms. The van der Waals surface area contributed by atoms with E-state index < -0.39 is 16.1 Å². The minimum absolute atomic E-state index is 0.0317. The van der Waals surface area contributed by atoms with E-state index in [1.54, 1.807) is 0 Å². The molecule has 0 fully saturated rings. The standard InChI is InChI=1S/C24H27Cl2N3O4S2/c1-15(2)12-19(29-24(31)21-13-16-6-3-4-7-20(16)34-21)23(30)27-10-5-11-28-35(32,33)22-9-8-17(25)14-18(22)26/h3-4,6-9,13-15,19,28H,5,10-12H2,1-2H3,(H,27,30)(H,29,31)/t19-/m0/s1. The Morgan fingerprint density at radius 3 is 2.46 bits per heavy atom. The number of rotatable bonds is 11. The molecule has 0 aliphatic rings. The van der Waals surface area contributed by atoms with E-state index >= 15 is 0 Å². The minimum atomic E-state index is -3.81. The van der Waals surface area contributed by atoms with E-state index in [0.717, 1.165) is 10.1 Å². The molecule has 1 atom stereocenters. The van der Waals surface area contributed by atoms with Crippen molar-refractivity contribution >= 4 is 66.5 Å². The van der Waals surface area contributed by atoms with Crippen LogP contribution in [0.4, 0.5) is 0 Å². The molecular weight excluding hydrogens is 529 g/mol. The Morgan fingerprint density at radius 1 is 1.03 bits per heavy atom. The Balaban J connectivity index is 1.52. The fourth-order valence-electron chi connectivity index (χ4n) is 3.43. The summed E-state index contributed by atoms with van der Waals surface area (Å²) >= 11 is 13.2. The van der Waals surface area contributed by atoms with Gasteiger partial charge in [0.2, 0.25) is 15.9 Å². The number of nitrogens with one attached hydrogen (secondary N) is 3. The first kappa shape index (κ1) is 27.4. The molecule has 2 amide bonds. The fraction of sp³-hybridized carbons (Fsp3) is 0.333. The van der Waals surface area contributed by atoms with E-state index in [0.29, 0.717) is 22.7 Å². The molecular formula is C24H27Cl2N3O4S2. The summed E-state index contributed by atoms with van der Waals surface area (Å²) in [5.41, 5.74) is 0. The fourth-order valence-corrected chi connectivity index (χ4v) is 6.24. The molecule has 0 radical (unpaired) electrons. The first-order valence-electron chi connectivity index (χ1n) is 11.1. The van der Waals surface area contributed by atoms with Crippen LogP contribution in [0, 0.1) is 5.92 Å². The second kappa shape index (κ2) is 12.2. The maximum atomic E-state index is 12.8. The van der Waals surface area contributed by atoms with Crippen molar-refractivity contribution in [3.05, 3.63) is 63.5 Å². The molecule has 1 heterocycles. The molecule has 7 nitrogen and oxygen atoms in total. The second-order valence-corrected chi connectivity index (χ2v) is 12.1. The number of sulfonamides is 1. The zero-order chi connectivity index (χ0) is 25.6. The molecule has 1 aromatic heterocycles. The highest BCUT2D eigenvalue weighted by Crippen LogP contribution is 2.26. The molecule has 0 aliphatic carbocycles. The van der Waals surface area contributed by atoms with Gasteiger partial charge in [-0.3, -0.25) is 9.59 Å². The molecule has 188 valence electrons. The summed E-state index contributed by atoms with van der Waals surface area (Å²) in [5.74, 6) is -0.416. The van der Waals surface area contributed by atoms with Gasteiger partial charge in [0, 0.05) is 22.8 Å². The lowest BCUT2D eigenvalue weighted by Gasteiger charge is -2.20. The molecule has 0 saturated carbocycles. The van der Waals surface area contributed by atoms with Crippen LogP contribution in [0.5, 0.6) is 0 Å². The first-order chi connectivity index (χ1) is 16.6. The summed E-state index contributed by atoms with van der Waals surface area (Å²) in [5, 5.41) is 6.99. The normalized spacial score (nSPS) is 12.6. The summed E-state index contributed by atoms with van der Waals surface area (Å²) in [7, 11) is -3.81. The average molecular weight is 557 g/mol. The molecule has 3 rings (SSSR count). The Hall–Kier alpha value is -2.17. The van der Waals surface area contributed by atoms with Gasteiger partial charge in [-0.25, -0.2) is 13.1 Å². The number of amides is 2. The molecule has 0 saturated heterocycles. The third-order valence-corrected chi connectivity index (χ3v) is 8.40. The minimum Gasteiger partial charge on any atom is -0.354 e. The highest BCUT2D eigenvalue weighted by Gasteiger charge is 2.23. The van der Waals surface area contributed by atoms with Gasteiger partial charge in [-0.15, -0.1) is 11.3 Å². The molecule has 2 aromatic carbocycles. The molecule has 3 N–H and O–H groups in total. The second-order valence-electron chi connectivity index (χ2n) is 8.42. The molecule has 11 heteroatoms. The van der Waals surface area contributed by atoms with Gasteiger partial charge in [-0.1, -0.05) is 55.2 Å². The van der Waals surface area contributed by atoms with E-state index in [4.69, 9.17) is 23.2 Å². The molecule has 0 spiro atoms. The summed E-state index contributed by atoms with van der Waals surface area (Å²) < 4.78 is 28.3. The topological polar surface area (TPSA) is 104 Å². The number of thiophene rings is 1. The Kier molecular flexibility index (Phi) is 9.54. The van der Waals surface area contributed by atoms with Crippen molar-refractivity contribution in [3.63, 3.8) is 0 Å². The third kappa shape index (κ3) is 7.65.